The number of carbonyl (C=O) groups is 1. The highest BCUT2D eigenvalue weighted by Crippen LogP contribution is 2.39. The van der Waals surface area contributed by atoms with E-state index >= 15 is 0 Å². The standard InChI is InChI=1S/C11H21NO3S/c1-9(13)12-11(10(2,3)4)5-7-16(14,15)8-6-11/h5-8H2,1-4H3,(H,12,13). The first-order valence-corrected chi connectivity index (χ1v) is 7.39. The van der Waals surface area contributed by atoms with Crippen molar-refractivity contribution < 1.29 is 13.2 Å². The van der Waals surface area contributed by atoms with Crippen LogP contribution in [0.2, 0.25) is 0 Å². The van der Waals surface area contributed by atoms with Gasteiger partial charge in [0.25, 0.3) is 0 Å². The van der Waals surface area contributed by atoms with Crippen LogP contribution < -0.4 is 5.32 Å². The number of carbonyl (C=O) groups excluding carboxylic acids is 1. The van der Waals surface area contributed by atoms with Crippen molar-refractivity contribution >= 4 is 15.7 Å². The van der Waals surface area contributed by atoms with Crippen molar-refractivity contribution in [3.63, 3.8) is 0 Å². The number of hydrogen-bond donors (Lipinski definition) is 1. The van der Waals surface area contributed by atoms with Crippen LogP contribution in [0.1, 0.15) is 40.5 Å². The van der Waals surface area contributed by atoms with Gasteiger partial charge in [0, 0.05) is 12.5 Å². The predicted octanol–water partition coefficient (Wildman–Crippen LogP) is 1.12. The molecule has 1 rings (SSSR count). The number of amides is 1. The normalized spacial score (nSPS) is 23.8. The maximum Gasteiger partial charge on any atom is 0.217 e. The Kier molecular flexibility index (Phi) is 3.39. The van der Waals surface area contributed by atoms with Crippen LogP contribution in [-0.4, -0.2) is 31.4 Å². The van der Waals surface area contributed by atoms with Crippen LogP contribution in [0.4, 0.5) is 0 Å². The van der Waals surface area contributed by atoms with Crippen LogP contribution >= 0.6 is 0 Å². The van der Waals surface area contributed by atoms with Crippen molar-refractivity contribution in [2.45, 2.75) is 46.1 Å². The Morgan fingerprint density at radius 3 is 1.94 bits per heavy atom. The molecule has 1 N–H and O–H groups in total. The fourth-order valence-corrected chi connectivity index (χ4v) is 3.81. The van der Waals surface area contributed by atoms with Crippen molar-refractivity contribution in [1.29, 1.82) is 0 Å². The zero-order valence-corrected chi connectivity index (χ0v) is 11.3. The zero-order chi connectivity index (χ0) is 12.6. The first-order chi connectivity index (χ1) is 7.08. The molecule has 0 aliphatic carbocycles. The van der Waals surface area contributed by atoms with Crippen LogP contribution in [-0.2, 0) is 14.6 Å². The summed E-state index contributed by atoms with van der Waals surface area (Å²) in [6, 6.07) is 0. The molecule has 0 aromatic heterocycles. The summed E-state index contributed by atoms with van der Waals surface area (Å²) in [6.45, 7) is 7.61. The van der Waals surface area contributed by atoms with Crippen molar-refractivity contribution in [1.82, 2.24) is 5.32 Å². The maximum atomic E-state index is 11.4. The lowest BCUT2D eigenvalue weighted by molar-refractivity contribution is -0.122. The molecule has 94 valence electrons. The van der Waals surface area contributed by atoms with E-state index in [1.165, 1.54) is 6.92 Å². The second-order valence-electron chi connectivity index (χ2n) is 5.67. The number of rotatable bonds is 1. The van der Waals surface area contributed by atoms with Crippen molar-refractivity contribution in [3.8, 4) is 0 Å². The molecule has 0 saturated carbocycles. The quantitative estimate of drug-likeness (QED) is 0.755. The Labute approximate surface area is 97.7 Å². The molecule has 0 atom stereocenters. The van der Waals surface area contributed by atoms with E-state index in [2.05, 4.69) is 5.32 Å². The maximum absolute atomic E-state index is 11.4. The zero-order valence-electron chi connectivity index (χ0n) is 10.5. The molecule has 0 spiro atoms. The van der Waals surface area contributed by atoms with E-state index < -0.39 is 9.84 Å². The molecular weight excluding hydrogens is 226 g/mol. The van der Waals surface area contributed by atoms with Crippen LogP contribution in [0.15, 0.2) is 0 Å². The van der Waals surface area contributed by atoms with Gasteiger partial charge < -0.3 is 5.32 Å². The molecule has 0 aromatic rings. The Hall–Kier alpha value is -0.580. The lowest BCUT2D eigenvalue weighted by Gasteiger charge is -2.47. The number of sulfone groups is 1. The Morgan fingerprint density at radius 2 is 1.62 bits per heavy atom. The molecule has 1 fully saturated rings. The average molecular weight is 247 g/mol. The summed E-state index contributed by atoms with van der Waals surface area (Å²) in [4.78, 5) is 11.3. The molecular formula is C11H21NO3S. The first kappa shape index (κ1) is 13.5. The molecule has 16 heavy (non-hydrogen) atoms. The molecule has 1 heterocycles. The second-order valence-corrected chi connectivity index (χ2v) is 7.97. The second kappa shape index (κ2) is 4.02. The fraction of sp³-hybridized carbons (Fsp3) is 0.909. The molecule has 0 radical (unpaired) electrons. The lowest BCUT2D eigenvalue weighted by atomic mass is 9.70. The monoisotopic (exact) mass is 247 g/mol. The van der Waals surface area contributed by atoms with Gasteiger partial charge in [-0.15, -0.1) is 0 Å². The molecule has 0 bridgehead atoms. The van der Waals surface area contributed by atoms with Gasteiger partial charge in [0.15, 0.2) is 0 Å². The summed E-state index contributed by atoms with van der Waals surface area (Å²) in [7, 11) is -2.90. The van der Waals surface area contributed by atoms with Gasteiger partial charge in [-0.05, 0) is 18.3 Å². The van der Waals surface area contributed by atoms with Gasteiger partial charge in [-0.1, -0.05) is 20.8 Å². The van der Waals surface area contributed by atoms with Gasteiger partial charge in [0.05, 0.1) is 11.5 Å². The number of hydrogen-bond acceptors (Lipinski definition) is 3. The van der Waals surface area contributed by atoms with E-state index in [4.69, 9.17) is 0 Å². The summed E-state index contributed by atoms with van der Waals surface area (Å²) in [5.74, 6) is 0.254. The highest BCUT2D eigenvalue weighted by molar-refractivity contribution is 7.91. The molecule has 4 nitrogen and oxygen atoms in total. The first-order valence-electron chi connectivity index (χ1n) is 5.57. The molecule has 1 amide bonds. The predicted molar refractivity (Wildman–Crippen MR) is 63.9 cm³/mol. The van der Waals surface area contributed by atoms with Gasteiger partial charge in [0.1, 0.15) is 9.84 Å². The van der Waals surface area contributed by atoms with E-state index in [-0.39, 0.29) is 28.4 Å². The minimum absolute atomic E-state index is 0.0887. The lowest BCUT2D eigenvalue weighted by Crippen LogP contribution is -2.60. The van der Waals surface area contributed by atoms with Crippen LogP contribution in [0.5, 0.6) is 0 Å². The highest BCUT2D eigenvalue weighted by Gasteiger charge is 2.46. The molecule has 5 heteroatoms. The molecule has 1 aliphatic heterocycles. The van der Waals surface area contributed by atoms with Crippen LogP contribution in [0, 0.1) is 5.41 Å². The topological polar surface area (TPSA) is 63.2 Å². The van der Waals surface area contributed by atoms with Gasteiger partial charge >= 0.3 is 0 Å². The third-order valence-corrected chi connectivity index (χ3v) is 5.18. The fourth-order valence-electron chi connectivity index (χ4n) is 2.29. The van der Waals surface area contributed by atoms with Crippen molar-refractivity contribution in [2.24, 2.45) is 5.41 Å². The largest absolute Gasteiger partial charge is 0.350 e. The molecule has 0 unspecified atom stereocenters. The Balaban J connectivity index is 2.96. The van der Waals surface area contributed by atoms with E-state index in [1.54, 1.807) is 0 Å². The van der Waals surface area contributed by atoms with Crippen LogP contribution in [0.3, 0.4) is 0 Å². The summed E-state index contributed by atoms with van der Waals surface area (Å²) < 4.78 is 22.9. The molecule has 1 saturated heterocycles. The van der Waals surface area contributed by atoms with E-state index in [0.717, 1.165) is 0 Å². The summed E-state index contributed by atoms with van der Waals surface area (Å²) in [5, 5.41) is 2.97. The van der Waals surface area contributed by atoms with Gasteiger partial charge in [0.2, 0.25) is 5.91 Å². The molecule has 1 aliphatic rings. The van der Waals surface area contributed by atoms with Crippen LogP contribution in [0.25, 0.3) is 0 Å². The van der Waals surface area contributed by atoms with E-state index in [1.807, 2.05) is 20.8 Å². The SMILES string of the molecule is CC(=O)NC1(C(C)(C)C)CCS(=O)(=O)CC1. The van der Waals surface area contributed by atoms with Crippen molar-refractivity contribution in [2.75, 3.05) is 11.5 Å². The third kappa shape index (κ3) is 2.75. The summed E-state index contributed by atoms with van der Waals surface area (Å²) >= 11 is 0. The van der Waals surface area contributed by atoms with Gasteiger partial charge in [-0.2, -0.15) is 0 Å². The minimum Gasteiger partial charge on any atom is -0.350 e. The van der Waals surface area contributed by atoms with Crippen molar-refractivity contribution in [3.05, 3.63) is 0 Å². The summed E-state index contributed by atoms with van der Waals surface area (Å²) in [5.41, 5.74) is -0.515. The Morgan fingerprint density at radius 1 is 1.19 bits per heavy atom. The number of nitrogens with one attached hydrogen (secondary N) is 1. The highest BCUT2D eigenvalue weighted by atomic mass is 32.2. The van der Waals surface area contributed by atoms with E-state index in [0.29, 0.717) is 12.8 Å². The third-order valence-electron chi connectivity index (χ3n) is 3.53. The smallest absolute Gasteiger partial charge is 0.217 e. The Bertz CT molecular complexity index is 365. The van der Waals surface area contributed by atoms with Gasteiger partial charge in [-0.25, -0.2) is 8.42 Å². The van der Waals surface area contributed by atoms with Gasteiger partial charge in [-0.3, -0.25) is 4.79 Å². The molecule has 0 aromatic carbocycles. The van der Waals surface area contributed by atoms with E-state index in [9.17, 15) is 13.2 Å². The minimum atomic E-state index is -2.90. The average Bonchev–Trinajstić information content (AvgIpc) is 2.06. The summed E-state index contributed by atoms with van der Waals surface area (Å²) in [6.07, 6.45) is 1.02.